The lowest BCUT2D eigenvalue weighted by atomic mass is 10.3. The third kappa shape index (κ3) is 3.54. The number of hydrogen-bond acceptors (Lipinski definition) is 3. The largest absolute Gasteiger partial charge is 0.492 e. The molecule has 1 aliphatic heterocycles. The molecule has 0 saturated carbocycles. The van der Waals surface area contributed by atoms with E-state index in [2.05, 4.69) is 0 Å². The fourth-order valence-electron chi connectivity index (χ4n) is 2.15. The molecule has 0 aliphatic carbocycles. The van der Waals surface area contributed by atoms with Crippen LogP contribution in [0.2, 0.25) is 10.0 Å². The second-order valence-electron chi connectivity index (χ2n) is 5.21. The maximum absolute atomic E-state index is 13.6. The van der Waals surface area contributed by atoms with Crippen molar-refractivity contribution in [3.05, 3.63) is 52.0 Å². The predicted octanol–water partition coefficient (Wildman–Crippen LogP) is 5.08. The minimum absolute atomic E-state index is 0.116. The van der Waals surface area contributed by atoms with Gasteiger partial charge in [0.25, 0.3) is 0 Å². The number of ether oxygens (including phenoxy) is 2. The fourth-order valence-corrected chi connectivity index (χ4v) is 2.46. The third-order valence-corrected chi connectivity index (χ3v) is 4.07. The maximum Gasteiger partial charge on any atom is 0.492 e. The van der Waals surface area contributed by atoms with Gasteiger partial charge in [-0.05, 0) is 12.1 Å². The highest BCUT2D eigenvalue weighted by Gasteiger charge is 2.66. The number of hydrogen-bond donors (Lipinski definition) is 2. The van der Waals surface area contributed by atoms with Crippen molar-refractivity contribution >= 4 is 34.9 Å². The third-order valence-electron chi connectivity index (χ3n) is 3.35. The molecule has 2 aromatic carbocycles. The van der Waals surface area contributed by atoms with Gasteiger partial charge in [0.2, 0.25) is 0 Å². The smallest absolute Gasteiger partial charge is 0.424 e. The number of rotatable bonds is 2. The summed E-state index contributed by atoms with van der Waals surface area (Å²) < 4.78 is 77.1. The number of carbonyl (C=O) groups excluding carboxylic acids is 1. The van der Waals surface area contributed by atoms with E-state index < -0.39 is 46.9 Å². The Labute approximate surface area is 158 Å². The molecule has 0 unspecified atom stereocenters. The highest BCUT2D eigenvalue weighted by atomic mass is 35.5. The molecule has 12 heteroatoms. The average Bonchev–Trinajstić information content (AvgIpc) is 2.89. The van der Waals surface area contributed by atoms with Crippen LogP contribution >= 0.6 is 23.2 Å². The summed E-state index contributed by atoms with van der Waals surface area (Å²) in [5.74, 6) is -6.93. The molecular weight excluding hydrogens is 422 g/mol. The van der Waals surface area contributed by atoms with Crippen LogP contribution in [0.15, 0.2) is 30.3 Å². The molecule has 0 radical (unpaired) electrons. The second-order valence-corrected chi connectivity index (χ2v) is 6.02. The molecule has 0 aromatic heterocycles. The number of benzene rings is 2. The van der Waals surface area contributed by atoms with Crippen molar-refractivity contribution in [3.63, 3.8) is 0 Å². The quantitative estimate of drug-likeness (QED) is 0.655. The molecule has 144 valence electrons. The van der Waals surface area contributed by atoms with Crippen molar-refractivity contribution in [3.8, 4) is 11.5 Å². The number of fused-ring (bicyclic) bond motifs is 1. The van der Waals surface area contributed by atoms with Crippen LogP contribution in [0.5, 0.6) is 11.5 Å². The van der Waals surface area contributed by atoms with E-state index >= 15 is 0 Å². The first-order valence-corrected chi connectivity index (χ1v) is 7.75. The van der Waals surface area contributed by atoms with Crippen LogP contribution < -0.4 is 20.1 Å². The van der Waals surface area contributed by atoms with Gasteiger partial charge in [0.1, 0.15) is 17.3 Å². The molecule has 0 atom stereocenters. The number of para-hydroxylation sites is 1. The Hall–Kier alpha value is -2.46. The van der Waals surface area contributed by atoms with Crippen molar-refractivity contribution in [2.24, 2.45) is 0 Å². The van der Waals surface area contributed by atoms with Crippen LogP contribution in [0, 0.1) is 11.6 Å². The topological polar surface area (TPSA) is 59.6 Å². The van der Waals surface area contributed by atoms with Crippen LogP contribution in [-0.4, -0.2) is 18.1 Å². The van der Waals surface area contributed by atoms with Crippen LogP contribution in [0.4, 0.5) is 32.4 Å². The Morgan fingerprint density at radius 3 is 1.93 bits per heavy atom. The summed E-state index contributed by atoms with van der Waals surface area (Å²) in [5.41, 5.74) is -0.950. The number of carbonyl (C=O) groups is 1. The number of anilines is 1. The summed E-state index contributed by atoms with van der Waals surface area (Å²) in [6.07, 6.45) is -5.28. The number of halogens is 7. The first-order chi connectivity index (χ1) is 12.5. The van der Waals surface area contributed by atoms with E-state index in [0.29, 0.717) is 0 Å². The van der Waals surface area contributed by atoms with Gasteiger partial charge in [0.15, 0.2) is 11.5 Å². The van der Waals surface area contributed by atoms with Crippen molar-refractivity contribution in [1.82, 2.24) is 5.32 Å². The molecule has 0 saturated heterocycles. The van der Waals surface area contributed by atoms with Crippen molar-refractivity contribution in [2.45, 2.75) is 12.1 Å². The minimum atomic E-state index is -5.28. The second kappa shape index (κ2) is 6.61. The maximum atomic E-state index is 13.6. The fraction of sp³-hybridized carbons (Fsp3) is 0.133. The van der Waals surface area contributed by atoms with Gasteiger partial charge in [0, 0.05) is 12.1 Å². The Kier molecular flexibility index (Phi) is 4.73. The molecule has 0 bridgehead atoms. The summed E-state index contributed by atoms with van der Waals surface area (Å²) in [5, 5.41) is 2.79. The van der Waals surface area contributed by atoms with Crippen molar-refractivity contribution in [1.29, 1.82) is 0 Å². The van der Waals surface area contributed by atoms with Crippen LogP contribution in [0.1, 0.15) is 0 Å². The molecule has 2 amide bonds. The van der Waals surface area contributed by atoms with Gasteiger partial charge in [-0.2, -0.15) is 13.2 Å². The molecule has 5 nitrogen and oxygen atoms in total. The van der Waals surface area contributed by atoms with E-state index in [0.717, 1.165) is 30.3 Å². The van der Waals surface area contributed by atoms with E-state index in [1.54, 1.807) is 5.32 Å². The average molecular weight is 429 g/mol. The van der Waals surface area contributed by atoms with Gasteiger partial charge >= 0.3 is 18.1 Å². The molecule has 2 N–H and O–H groups in total. The van der Waals surface area contributed by atoms with Gasteiger partial charge < -0.3 is 14.8 Å². The summed E-state index contributed by atoms with van der Waals surface area (Å²) in [7, 11) is 0. The van der Waals surface area contributed by atoms with Crippen LogP contribution in [-0.2, 0) is 0 Å². The molecule has 3 rings (SSSR count). The Morgan fingerprint density at radius 2 is 1.48 bits per heavy atom. The number of amides is 2. The normalized spacial score (nSPS) is 14.8. The first kappa shape index (κ1) is 19.3. The van der Waals surface area contributed by atoms with Crippen LogP contribution in [0.3, 0.4) is 0 Å². The summed E-state index contributed by atoms with van der Waals surface area (Å²) in [6.45, 7) is 0. The Balaban J connectivity index is 1.88. The van der Waals surface area contributed by atoms with Gasteiger partial charge in [-0.3, -0.25) is 5.32 Å². The van der Waals surface area contributed by atoms with E-state index in [1.807, 2.05) is 0 Å². The SMILES string of the molecule is O=C(Nc1c(F)cccc1F)NC1(C(F)(F)F)Oc2cc(Cl)c(Cl)cc2O1. The summed E-state index contributed by atoms with van der Waals surface area (Å²) in [4.78, 5) is 11.9. The highest BCUT2D eigenvalue weighted by molar-refractivity contribution is 6.42. The van der Waals surface area contributed by atoms with Gasteiger partial charge in [-0.15, -0.1) is 0 Å². The lowest BCUT2D eigenvalue weighted by Gasteiger charge is -2.29. The molecule has 0 spiro atoms. The Morgan fingerprint density at radius 1 is 1.00 bits per heavy atom. The van der Waals surface area contributed by atoms with Crippen molar-refractivity contribution in [2.75, 3.05) is 5.32 Å². The number of nitrogens with one attached hydrogen (secondary N) is 2. The van der Waals surface area contributed by atoms with E-state index in [9.17, 15) is 26.7 Å². The first-order valence-electron chi connectivity index (χ1n) is 6.99. The molecule has 1 heterocycles. The summed E-state index contributed by atoms with van der Waals surface area (Å²) in [6, 6.07) is 2.91. The van der Waals surface area contributed by atoms with E-state index in [4.69, 9.17) is 32.7 Å². The van der Waals surface area contributed by atoms with E-state index in [-0.39, 0.29) is 10.0 Å². The lowest BCUT2D eigenvalue weighted by molar-refractivity contribution is -0.317. The van der Waals surface area contributed by atoms with Crippen molar-refractivity contribution < 1.29 is 36.2 Å². The van der Waals surface area contributed by atoms with Gasteiger partial charge in [-0.1, -0.05) is 29.3 Å². The lowest BCUT2D eigenvalue weighted by Crippen LogP contribution is -2.65. The van der Waals surface area contributed by atoms with Crippen LogP contribution in [0.25, 0.3) is 0 Å². The Bertz CT molecular complexity index is 872. The number of urea groups is 1. The monoisotopic (exact) mass is 428 g/mol. The zero-order valence-corrected chi connectivity index (χ0v) is 14.3. The van der Waals surface area contributed by atoms with Gasteiger partial charge in [-0.25, -0.2) is 13.6 Å². The highest BCUT2D eigenvalue weighted by Crippen LogP contribution is 2.48. The standard InChI is InChI=1S/C15H7Cl2F5N2O3/c16-6-4-10-11(5-7(6)17)27-15(26-10,14(20,21)22)24-13(25)23-12-8(18)2-1-3-9(12)19/h1-5H,(H2,23,24,25). The molecule has 1 aliphatic rings. The zero-order valence-electron chi connectivity index (χ0n) is 12.8. The molecule has 0 fully saturated rings. The predicted molar refractivity (Wildman–Crippen MR) is 85.0 cm³/mol. The summed E-state index contributed by atoms with van der Waals surface area (Å²) >= 11 is 11.4. The molecule has 2 aromatic rings. The zero-order chi connectivity index (χ0) is 20.0. The molecule has 27 heavy (non-hydrogen) atoms. The van der Waals surface area contributed by atoms with E-state index in [1.165, 1.54) is 5.32 Å². The number of alkyl halides is 3. The minimum Gasteiger partial charge on any atom is -0.424 e. The molecular formula is C15H7Cl2F5N2O3. The van der Waals surface area contributed by atoms with Gasteiger partial charge in [0.05, 0.1) is 10.0 Å².